The van der Waals surface area contributed by atoms with Crippen LogP contribution in [-0.4, -0.2) is 11.3 Å². The average Bonchev–Trinajstić information content (AvgIpc) is 2.66. The number of alkyl halides is 3. The van der Waals surface area contributed by atoms with E-state index in [0.717, 1.165) is 17.8 Å². The molecule has 0 atom stereocenters. The molecule has 6 heteroatoms. The van der Waals surface area contributed by atoms with Crippen molar-refractivity contribution in [1.29, 1.82) is 0 Å². The summed E-state index contributed by atoms with van der Waals surface area (Å²) in [6, 6.07) is 16.5. The van der Waals surface area contributed by atoms with Crippen molar-refractivity contribution in [2.24, 2.45) is 0 Å². The van der Waals surface area contributed by atoms with E-state index in [1.165, 1.54) is 6.07 Å². The van der Waals surface area contributed by atoms with Gasteiger partial charge in [-0.3, -0.25) is 9.78 Å². The lowest BCUT2D eigenvalue weighted by Crippen LogP contribution is -2.07. The maximum Gasteiger partial charge on any atom is 0.433 e. The molecule has 0 fully saturated rings. The molecule has 0 saturated carbocycles. The van der Waals surface area contributed by atoms with Gasteiger partial charge in [-0.05, 0) is 35.4 Å². The van der Waals surface area contributed by atoms with Crippen LogP contribution in [0.3, 0.4) is 0 Å². The molecule has 2 aromatic carbocycles. The smallest absolute Gasteiger partial charge is 0.433 e. The number of aromatic nitrogens is 1. The highest BCUT2D eigenvalue weighted by Crippen LogP contribution is 2.30. The lowest BCUT2D eigenvalue weighted by molar-refractivity contribution is -0.141. The zero-order valence-electron chi connectivity index (χ0n) is 13.5. The number of benzene rings is 2. The van der Waals surface area contributed by atoms with Crippen LogP contribution in [0.4, 0.5) is 13.2 Å². The molecule has 3 aromatic rings. The van der Waals surface area contributed by atoms with E-state index in [1.54, 1.807) is 18.2 Å². The molecule has 0 aliphatic carbocycles. The Bertz CT molecular complexity index is 891. The Balaban J connectivity index is 1.86. The zero-order valence-corrected chi connectivity index (χ0v) is 13.5. The summed E-state index contributed by atoms with van der Waals surface area (Å²) >= 11 is 0. The van der Waals surface area contributed by atoms with Crippen LogP contribution in [0.5, 0.6) is 5.75 Å². The van der Waals surface area contributed by atoms with Crippen LogP contribution in [0.2, 0.25) is 0 Å². The second-order valence-corrected chi connectivity index (χ2v) is 5.61. The van der Waals surface area contributed by atoms with Gasteiger partial charge in [-0.25, -0.2) is 0 Å². The number of hydrogen-bond acceptors (Lipinski definition) is 3. The molecule has 26 heavy (non-hydrogen) atoms. The molecule has 0 N–H and O–H groups in total. The second-order valence-electron chi connectivity index (χ2n) is 5.61. The van der Waals surface area contributed by atoms with Gasteiger partial charge in [-0.2, -0.15) is 13.2 Å². The van der Waals surface area contributed by atoms with Crippen LogP contribution in [0.25, 0.3) is 11.1 Å². The molecule has 0 amide bonds. The first-order valence-electron chi connectivity index (χ1n) is 7.76. The van der Waals surface area contributed by atoms with E-state index in [9.17, 15) is 18.0 Å². The molecule has 0 saturated heterocycles. The zero-order chi connectivity index (χ0) is 18.6. The number of carbonyl (C=O) groups excluding carboxylic acids is 1. The van der Waals surface area contributed by atoms with Gasteiger partial charge in [0.15, 0.2) is 0 Å². The van der Waals surface area contributed by atoms with Crippen molar-refractivity contribution in [1.82, 2.24) is 4.98 Å². The SMILES string of the molecule is O=Cc1cc(OCc2ccccc2)cc(-c2ccc(C(F)(F)F)nc2)c1. The van der Waals surface area contributed by atoms with Crippen LogP contribution in [-0.2, 0) is 12.8 Å². The number of aldehydes is 1. The molecule has 0 spiro atoms. The van der Waals surface area contributed by atoms with Crippen molar-refractivity contribution in [3.8, 4) is 16.9 Å². The van der Waals surface area contributed by atoms with Crippen molar-refractivity contribution in [3.63, 3.8) is 0 Å². The molecule has 0 aliphatic heterocycles. The molecule has 3 rings (SSSR count). The standard InChI is InChI=1S/C20H14F3NO2/c21-20(22,23)19-7-6-16(11-24-19)17-8-15(12-25)9-18(10-17)26-13-14-4-2-1-3-5-14/h1-12H,13H2. The Hall–Kier alpha value is -3.15. The number of rotatable bonds is 5. The summed E-state index contributed by atoms with van der Waals surface area (Å²) in [5.74, 6) is 0.452. The molecule has 0 aliphatic rings. The number of carbonyl (C=O) groups is 1. The highest BCUT2D eigenvalue weighted by Gasteiger charge is 2.32. The van der Waals surface area contributed by atoms with Crippen molar-refractivity contribution in [2.45, 2.75) is 12.8 Å². The van der Waals surface area contributed by atoms with E-state index in [1.807, 2.05) is 30.3 Å². The van der Waals surface area contributed by atoms with Gasteiger partial charge in [0, 0.05) is 17.3 Å². The highest BCUT2D eigenvalue weighted by atomic mass is 19.4. The summed E-state index contributed by atoms with van der Waals surface area (Å²) in [4.78, 5) is 14.6. The molecule has 0 unspecified atom stereocenters. The third kappa shape index (κ3) is 4.27. The van der Waals surface area contributed by atoms with Gasteiger partial charge in [0.2, 0.25) is 0 Å². The third-order valence-corrected chi connectivity index (χ3v) is 3.70. The van der Waals surface area contributed by atoms with E-state index >= 15 is 0 Å². The predicted octanol–water partition coefficient (Wildman–Crippen LogP) is 5.16. The molecular formula is C20H14F3NO2. The van der Waals surface area contributed by atoms with Gasteiger partial charge < -0.3 is 4.74 Å². The summed E-state index contributed by atoms with van der Waals surface area (Å²) in [5, 5.41) is 0. The van der Waals surface area contributed by atoms with Crippen LogP contribution in [0.1, 0.15) is 21.6 Å². The highest BCUT2D eigenvalue weighted by molar-refractivity contribution is 5.80. The number of halogens is 3. The predicted molar refractivity (Wildman–Crippen MR) is 90.8 cm³/mol. The number of hydrogen-bond donors (Lipinski definition) is 0. The largest absolute Gasteiger partial charge is 0.489 e. The molecule has 0 radical (unpaired) electrons. The molecule has 1 aromatic heterocycles. The second kappa shape index (κ2) is 7.39. The van der Waals surface area contributed by atoms with Crippen LogP contribution >= 0.6 is 0 Å². The lowest BCUT2D eigenvalue weighted by Gasteiger charge is -2.11. The number of pyridine rings is 1. The number of ether oxygens (including phenoxy) is 1. The van der Waals surface area contributed by atoms with Crippen molar-refractivity contribution < 1.29 is 22.7 Å². The Kier molecular flexibility index (Phi) is 5.02. The first-order chi connectivity index (χ1) is 12.5. The summed E-state index contributed by atoms with van der Waals surface area (Å²) < 4.78 is 43.6. The molecule has 3 nitrogen and oxygen atoms in total. The van der Waals surface area contributed by atoms with Crippen molar-refractivity contribution in [3.05, 3.63) is 83.7 Å². The van der Waals surface area contributed by atoms with E-state index in [-0.39, 0.29) is 0 Å². The fraction of sp³-hybridized carbons (Fsp3) is 0.100. The van der Waals surface area contributed by atoms with Crippen LogP contribution < -0.4 is 4.74 Å². The van der Waals surface area contributed by atoms with Gasteiger partial charge in [-0.15, -0.1) is 0 Å². The van der Waals surface area contributed by atoms with Gasteiger partial charge >= 0.3 is 6.18 Å². The van der Waals surface area contributed by atoms with Crippen molar-refractivity contribution >= 4 is 6.29 Å². The summed E-state index contributed by atoms with van der Waals surface area (Å²) in [5.41, 5.74) is 1.38. The lowest BCUT2D eigenvalue weighted by atomic mass is 10.0. The molecule has 132 valence electrons. The molecule has 0 bridgehead atoms. The Morgan fingerprint density at radius 1 is 0.962 bits per heavy atom. The monoisotopic (exact) mass is 357 g/mol. The van der Waals surface area contributed by atoms with Gasteiger partial charge in [-0.1, -0.05) is 36.4 Å². The van der Waals surface area contributed by atoms with Crippen molar-refractivity contribution in [2.75, 3.05) is 0 Å². The summed E-state index contributed by atoms with van der Waals surface area (Å²) in [6.07, 6.45) is -2.70. The van der Waals surface area contributed by atoms with Crippen LogP contribution in [0.15, 0.2) is 66.9 Å². The van der Waals surface area contributed by atoms with Crippen LogP contribution in [0, 0.1) is 0 Å². The minimum Gasteiger partial charge on any atom is -0.489 e. The maximum absolute atomic E-state index is 12.6. The van der Waals surface area contributed by atoms with Gasteiger partial charge in [0.25, 0.3) is 0 Å². The first-order valence-corrected chi connectivity index (χ1v) is 7.76. The van der Waals surface area contributed by atoms with E-state index < -0.39 is 11.9 Å². The first kappa shape index (κ1) is 17.7. The number of nitrogens with zero attached hydrogens (tertiary/aromatic N) is 1. The Morgan fingerprint density at radius 3 is 2.35 bits per heavy atom. The molecular weight excluding hydrogens is 343 g/mol. The van der Waals surface area contributed by atoms with Gasteiger partial charge in [0.1, 0.15) is 24.3 Å². The van der Waals surface area contributed by atoms with E-state index in [2.05, 4.69) is 4.98 Å². The Labute approximate surface area is 148 Å². The third-order valence-electron chi connectivity index (χ3n) is 3.70. The summed E-state index contributed by atoms with van der Waals surface area (Å²) in [7, 11) is 0. The minimum atomic E-state index is -4.49. The van der Waals surface area contributed by atoms with Gasteiger partial charge in [0.05, 0.1) is 0 Å². The summed E-state index contributed by atoms with van der Waals surface area (Å²) in [6.45, 7) is 0.313. The van der Waals surface area contributed by atoms with E-state index in [4.69, 9.17) is 4.74 Å². The van der Waals surface area contributed by atoms with E-state index in [0.29, 0.717) is 35.3 Å². The fourth-order valence-corrected chi connectivity index (χ4v) is 2.41. The average molecular weight is 357 g/mol. The quantitative estimate of drug-likeness (QED) is 0.592. The minimum absolute atomic E-state index is 0.313. The maximum atomic E-state index is 12.6. The molecule has 1 heterocycles. The Morgan fingerprint density at radius 2 is 1.73 bits per heavy atom. The fourth-order valence-electron chi connectivity index (χ4n) is 2.41. The normalized spacial score (nSPS) is 11.2. The topological polar surface area (TPSA) is 39.2 Å².